The fourth-order valence-electron chi connectivity index (χ4n) is 3.25. The molecule has 134 valence electrons. The lowest BCUT2D eigenvalue weighted by molar-refractivity contribution is -0.00113. The zero-order valence-electron chi connectivity index (χ0n) is 14.9. The summed E-state index contributed by atoms with van der Waals surface area (Å²) >= 11 is 0. The summed E-state index contributed by atoms with van der Waals surface area (Å²) in [7, 11) is 0. The van der Waals surface area contributed by atoms with Crippen LogP contribution in [0.15, 0.2) is 65.2 Å². The van der Waals surface area contributed by atoms with Gasteiger partial charge in [0.25, 0.3) is 5.89 Å². The molecule has 0 unspecified atom stereocenters. The predicted molar refractivity (Wildman–Crippen MR) is 99.7 cm³/mol. The molecule has 3 heterocycles. The first-order valence-corrected chi connectivity index (χ1v) is 8.91. The van der Waals surface area contributed by atoms with Crippen molar-refractivity contribution in [3.05, 3.63) is 77.5 Å². The van der Waals surface area contributed by atoms with E-state index in [2.05, 4.69) is 27.4 Å². The standard InChI is InChI=1S/C21H18N4O2/c1-14-7-9-16(10-8-14)20-22-21(27-24-20)18-11-17-13-26-19(12-25(17)23-18)15-5-3-2-4-6-15/h2-11,19H,12-13H2,1H3/t19-/m1/s1. The Labute approximate surface area is 156 Å². The molecule has 0 N–H and O–H groups in total. The van der Waals surface area contributed by atoms with E-state index in [-0.39, 0.29) is 6.10 Å². The highest BCUT2D eigenvalue weighted by atomic mass is 16.5. The molecule has 0 radical (unpaired) electrons. The van der Waals surface area contributed by atoms with Crippen LogP contribution in [0.25, 0.3) is 23.0 Å². The summed E-state index contributed by atoms with van der Waals surface area (Å²) < 4.78 is 13.4. The van der Waals surface area contributed by atoms with Crippen molar-refractivity contribution in [3.63, 3.8) is 0 Å². The molecule has 2 aromatic heterocycles. The maximum absolute atomic E-state index is 6.00. The third-order valence-corrected chi connectivity index (χ3v) is 4.76. The van der Waals surface area contributed by atoms with E-state index in [0.717, 1.165) is 16.8 Å². The number of aromatic nitrogens is 4. The molecule has 27 heavy (non-hydrogen) atoms. The van der Waals surface area contributed by atoms with Crippen molar-refractivity contribution in [2.75, 3.05) is 0 Å². The minimum Gasteiger partial charge on any atom is -0.365 e. The SMILES string of the molecule is Cc1ccc(-c2noc(-c3cc4n(n3)C[C@H](c3ccccc3)OC4)n2)cc1. The number of fused-ring (bicyclic) bond motifs is 1. The van der Waals surface area contributed by atoms with E-state index in [9.17, 15) is 0 Å². The molecule has 4 aromatic rings. The quantitative estimate of drug-likeness (QED) is 0.550. The Morgan fingerprint density at radius 2 is 1.85 bits per heavy atom. The van der Waals surface area contributed by atoms with Crippen molar-refractivity contribution < 1.29 is 9.26 Å². The van der Waals surface area contributed by atoms with Crippen molar-refractivity contribution in [3.8, 4) is 23.0 Å². The number of hydrogen-bond donors (Lipinski definition) is 0. The van der Waals surface area contributed by atoms with Crippen LogP contribution >= 0.6 is 0 Å². The summed E-state index contributed by atoms with van der Waals surface area (Å²) in [6.07, 6.45) is -0.00254. The van der Waals surface area contributed by atoms with E-state index in [1.165, 1.54) is 5.56 Å². The Balaban J connectivity index is 1.40. The molecule has 0 amide bonds. The highest BCUT2D eigenvalue weighted by Gasteiger charge is 2.24. The maximum Gasteiger partial charge on any atom is 0.278 e. The highest BCUT2D eigenvalue weighted by molar-refractivity contribution is 5.58. The molecule has 5 rings (SSSR count). The van der Waals surface area contributed by atoms with E-state index >= 15 is 0 Å². The Bertz CT molecular complexity index is 1070. The smallest absolute Gasteiger partial charge is 0.278 e. The van der Waals surface area contributed by atoms with Crippen molar-refractivity contribution in [1.29, 1.82) is 0 Å². The molecular formula is C21H18N4O2. The monoisotopic (exact) mass is 358 g/mol. The van der Waals surface area contributed by atoms with E-state index in [1.54, 1.807) is 0 Å². The minimum absolute atomic E-state index is 0.00254. The molecule has 6 heteroatoms. The second-order valence-corrected chi connectivity index (χ2v) is 6.70. The molecule has 0 fully saturated rings. The van der Waals surface area contributed by atoms with Crippen molar-refractivity contribution in [1.82, 2.24) is 19.9 Å². The van der Waals surface area contributed by atoms with Gasteiger partial charge in [-0.2, -0.15) is 10.1 Å². The summed E-state index contributed by atoms with van der Waals surface area (Å²) in [5.74, 6) is 0.984. The van der Waals surface area contributed by atoms with Gasteiger partial charge in [0.1, 0.15) is 6.10 Å². The highest BCUT2D eigenvalue weighted by Crippen LogP contribution is 2.29. The van der Waals surface area contributed by atoms with Crippen LogP contribution in [0.4, 0.5) is 0 Å². The Morgan fingerprint density at radius 3 is 2.67 bits per heavy atom. The lowest BCUT2D eigenvalue weighted by Gasteiger charge is -2.24. The van der Waals surface area contributed by atoms with Crippen molar-refractivity contribution in [2.24, 2.45) is 0 Å². The van der Waals surface area contributed by atoms with Crippen LogP contribution in [0.2, 0.25) is 0 Å². The first-order valence-electron chi connectivity index (χ1n) is 8.91. The molecule has 1 aliphatic heterocycles. The fourth-order valence-corrected chi connectivity index (χ4v) is 3.25. The van der Waals surface area contributed by atoms with Gasteiger partial charge in [-0.3, -0.25) is 4.68 Å². The van der Waals surface area contributed by atoms with Gasteiger partial charge in [-0.05, 0) is 18.6 Å². The van der Waals surface area contributed by atoms with Crippen LogP contribution in [-0.4, -0.2) is 19.9 Å². The topological polar surface area (TPSA) is 66.0 Å². The van der Waals surface area contributed by atoms with Gasteiger partial charge in [0, 0.05) is 5.56 Å². The zero-order valence-corrected chi connectivity index (χ0v) is 14.9. The van der Waals surface area contributed by atoms with Crippen LogP contribution in [0.3, 0.4) is 0 Å². The molecule has 0 bridgehead atoms. The van der Waals surface area contributed by atoms with E-state index in [4.69, 9.17) is 9.26 Å². The second-order valence-electron chi connectivity index (χ2n) is 6.70. The number of hydrogen-bond acceptors (Lipinski definition) is 5. The summed E-state index contributed by atoms with van der Waals surface area (Å²) in [6.45, 7) is 3.22. The summed E-state index contributed by atoms with van der Waals surface area (Å²) in [5.41, 5.74) is 4.95. The lowest BCUT2D eigenvalue weighted by atomic mass is 10.1. The van der Waals surface area contributed by atoms with Gasteiger partial charge in [-0.15, -0.1) is 0 Å². The number of nitrogens with zero attached hydrogens (tertiary/aromatic N) is 4. The molecule has 2 aromatic carbocycles. The van der Waals surface area contributed by atoms with E-state index < -0.39 is 0 Å². The van der Waals surface area contributed by atoms with Gasteiger partial charge in [-0.25, -0.2) is 0 Å². The van der Waals surface area contributed by atoms with Gasteiger partial charge < -0.3 is 9.26 Å². The molecule has 1 atom stereocenters. The van der Waals surface area contributed by atoms with Gasteiger partial charge >= 0.3 is 0 Å². The van der Waals surface area contributed by atoms with Gasteiger partial charge in [0.15, 0.2) is 5.69 Å². The average Bonchev–Trinajstić information content (AvgIpc) is 3.36. The normalized spacial score (nSPS) is 16.3. The lowest BCUT2D eigenvalue weighted by Crippen LogP contribution is -2.21. The molecule has 1 aliphatic rings. The Kier molecular flexibility index (Phi) is 3.83. The third kappa shape index (κ3) is 3.04. The van der Waals surface area contributed by atoms with Crippen LogP contribution in [0.1, 0.15) is 22.9 Å². The molecule has 0 aliphatic carbocycles. The average molecular weight is 358 g/mol. The number of rotatable bonds is 3. The van der Waals surface area contributed by atoms with E-state index in [0.29, 0.717) is 30.6 Å². The number of aryl methyl sites for hydroxylation is 1. The zero-order chi connectivity index (χ0) is 18.2. The Morgan fingerprint density at radius 1 is 1.04 bits per heavy atom. The second kappa shape index (κ2) is 6.48. The maximum atomic E-state index is 6.00. The first-order chi connectivity index (χ1) is 13.3. The van der Waals surface area contributed by atoms with Crippen molar-refractivity contribution in [2.45, 2.75) is 26.2 Å². The van der Waals surface area contributed by atoms with Crippen LogP contribution < -0.4 is 0 Å². The number of benzene rings is 2. The van der Waals surface area contributed by atoms with E-state index in [1.807, 2.05) is 60.1 Å². The molecule has 0 saturated heterocycles. The number of ether oxygens (including phenoxy) is 1. The van der Waals surface area contributed by atoms with Gasteiger partial charge in [0.05, 0.1) is 18.8 Å². The Hall–Kier alpha value is -3.25. The predicted octanol–water partition coefficient (Wildman–Crippen LogP) is 4.18. The van der Waals surface area contributed by atoms with Crippen LogP contribution in [-0.2, 0) is 17.9 Å². The molecule has 6 nitrogen and oxygen atoms in total. The molecular weight excluding hydrogens is 340 g/mol. The van der Waals surface area contributed by atoms with Crippen molar-refractivity contribution >= 4 is 0 Å². The summed E-state index contributed by atoms with van der Waals surface area (Å²) in [6, 6.07) is 20.2. The molecule has 0 spiro atoms. The largest absolute Gasteiger partial charge is 0.365 e. The van der Waals surface area contributed by atoms with Crippen LogP contribution in [0, 0.1) is 6.92 Å². The summed E-state index contributed by atoms with van der Waals surface area (Å²) in [5, 5.41) is 8.75. The third-order valence-electron chi connectivity index (χ3n) is 4.76. The fraction of sp³-hybridized carbons (Fsp3) is 0.190. The van der Waals surface area contributed by atoms with Gasteiger partial charge in [-0.1, -0.05) is 65.3 Å². The molecule has 0 saturated carbocycles. The van der Waals surface area contributed by atoms with Gasteiger partial charge in [0.2, 0.25) is 5.82 Å². The van der Waals surface area contributed by atoms with Crippen LogP contribution in [0.5, 0.6) is 0 Å². The first kappa shape index (κ1) is 16.0. The summed E-state index contributed by atoms with van der Waals surface area (Å²) in [4.78, 5) is 4.51. The minimum atomic E-state index is -0.00254.